The van der Waals surface area contributed by atoms with Gasteiger partial charge in [0, 0.05) is 17.9 Å². The van der Waals surface area contributed by atoms with Crippen LogP contribution in [0.1, 0.15) is 40.5 Å². The molecule has 0 radical (unpaired) electrons. The third-order valence-corrected chi connectivity index (χ3v) is 5.86. The van der Waals surface area contributed by atoms with Gasteiger partial charge in [-0.25, -0.2) is 4.79 Å². The number of allylic oxidation sites excluding steroid dienone is 1. The number of hydrogen-bond donors (Lipinski definition) is 0. The lowest BCUT2D eigenvalue weighted by Crippen LogP contribution is -2.32. The number of carbonyl (C=O) groups is 2. The van der Waals surface area contributed by atoms with Crippen LogP contribution in [-0.4, -0.2) is 11.8 Å². The molecular formula is C19H23NO3. The molecule has 2 atom stereocenters. The van der Waals surface area contributed by atoms with Crippen LogP contribution in [0.3, 0.4) is 0 Å². The maximum Gasteiger partial charge on any atom is 0.329 e. The molecule has 1 aromatic carbocycles. The summed E-state index contributed by atoms with van der Waals surface area (Å²) in [6.07, 6.45) is 3.65. The highest BCUT2D eigenvalue weighted by Crippen LogP contribution is 2.65. The minimum Gasteiger partial charge on any atom is -0.337 e. The summed E-state index contributed by atoms with van der Waals surface area (Å²) in [5.41, 5.74) is 1.12. The van der Waals surface area contributed by atoms with Crippen molar-refractivity contribution in [3.05, 3.63) is 42.1 Å². The van der Waals surface area contributed by atoms with E-state index in [0.717, 1.165) is 24.1 Å². The summed E-state index contributed by atoms with van der Waals surface area (Å²) < 4.78 is 0. The summed E-state index contributed by atoms with van der Waals surface area (Å²) in [6.45, 7) is 7.77. The number of ketones is 1. The second kappa shape index (κ2) is 5.22. The van der Waals surface area contributed by atoms with E-state index in [1.807, 2.05) is 30.3 Å². The summed E-state index contributed by atoms with van der Waals surface area (Å²) >= 11 is 0. The fourth-order valence-electron chi connectivity index (χ4n) is 4.07. The van der Waals surface area contributed by atoms with Crippen molar-refractivity contribution in [2.75, 3.05) is 5.06 Å². The highest BCUT2D eigenvalue weighted by molar-refractivity contribution is 6.05. The van der Waals surface area contributed by atoms with Gasteiger partial charge in [0.1, 0.15) is 0 Å². The number of carbonyl (C=O) groups excluding carboxylic acids is 2. The number of benzene rings is 1. The first-order valence-electron chi connectivity index (χ1n) is 8.07. The van der Waals surface area contributed by atoms with Crippen molar-refractivity contribution >= 4 is 17.4 Å². The molecule has 0 N–H and O–H groups in total. The van der Waals surface area contributed by atoms with Gasteiger partial charge < -0.3 is 4.84 Å². The van der Waals surface area contributed by atoms with Crippen LogP contribution in [0.25, 0.3) is 0 Å². The van der Waals surface area contributed by atoms with E-state index in [1.165, 1.54) is 12.0 Å². The zero-order chi connectivity index (χ0) is 16.8. The molecular weight excluding hydrogens is 290 g/mol. The first-order chi connectivity index (χ1) is 10.8. The van der Waals surface area contributed by atoms with Crippen LogP contribution in [0.2, 0.25) is 0 Å². The molecule has 3 rings (SSSR count). The van der Waals surface area contributed by atoms with Crippen LogP contribution >= 0.6 is 0 Å². The van der Waals surface area contributed by atoms with Gasteiger partial charge in [-0.3, -0.25) is 4.79 Å². The van der Waals surface area contributed by atoms with Gasteiger partial charge in [0.2, 0.25) is 0 Å². The minimum atomic E-state index is -0.410. The van der Waals surface area contributed by atoms with E-state index in [4.69, 9.17) is 4.84 Å². The van der Waals surface area contributed by atoms with Gasteiger partial charge in [-0.2, -0.15) is 5.06 Å². The van der Waals surface area contributed by atoms with Crippen molar-refractivity contribution in [1.82, 2.24) is 0 Å². The van der Waals surface area contributed by atoms with Crippen molar-refractivity contribution in [3.63, 3.8) is 0 Å². The maximum absolute atomic E-state index is 12.9. The van der Waals surface area contributed by atoms with Gasteiger partial charge in [0.05, 0.1) is 11.9 Å². The molecule has 0 aliphatic heterocycles. The fourth-order valence-corrected chi connectivity index (χ4v) is 4.07. The molecule has 0 heterocycles. The molecule has 2 aliphatic carbocycles. The molecule has 0 spiro atoms. The Morgan fingerprint density at radius 1 is 1.26 bits per heavy atom. The summed E-state index contributed by atoms with van der Waals surface area (Å²) in [4.78, 5) is 29.7. The summed E-state index contributed by atoms with van der Waals surface area (Å²) in [5.74, 6) is -0.0135. The zero-order valence-corrected chi connectivity index (χ0v) is 14.1. The largest absolute Gasteiger partial charge is 0.337 e. The third-order valence-electron chi connectivity index (χ3n) is 5.86. The van der Waals surface area contributed by atoms with Crippen molar-refractivity contribution in [2.24, 2.45) is 16.7 Å². The van der Waals surface area contributed by atoms with E-state index in [2.05, 4.69) is 20.8 Å². The number of para-hydroxylation sites is 1. The summed E-state index contributed by atoms with van der Waals surface area (Å²) in [7, 11) is 0. The first-order valence-corrected chi connectivity index (χ1v) is 8.07. The van der Waals surface area contributed by atoms with E-state index in [9.17, 15) is 9.59 Å². The topological polar surface area (TPSA) is 46.6 Å². The number of rotatable bonds is 3. The van der Waals surface area contributed by atoms with Gasteiger partial charge in [-0.05, 0) is 36.3 Å². The fraction of sp³-hybridized carbons (Fsp3) is 0.474. The van der Waals surface area contributed by atoms with Gasteiger partial charge >= 0.3 is 5.97 Å². The van der Waals surface area contributed by atoms with Crippen molar-refractivity contribution in [1.29, 1.82) is 0 Å². The molecule has 1 aromatic rings. The second-order valence-electron chi connectivity index (χ2n) is 7.30. The lowest BCUT2D eigenvalue weighted by molar-refractivity contribution is -0.141. The number of hydroxylamine groups is 1. The molecule has 23 heavy (non-hydrogen) atoms. The van der Waals surface area contributed by atoms with E-state index in [-0.39, 0.29) is 22.5 Å². The van der Waals surface area contributed by atoms with Gasteiger partial charge in [0.15, 0.2) is 5.78 Å². The van der Waals surface area contributed by atoms with Crippen LogP contribution in [0.15, 0.2) is 42.1 Å². The Hall–Kier alpha value is -2.10. The Balaban J connectivity index is 2.01. The van der Waals surface area contributed by atoms with Crippen LogP contribution in [0.4, 0.5) is 5.69 Å². The molecule has 0 saturated heterocycles. The maximum atomic E-state index is 12.9. The lowest BCUT2D eigenvalue weighted by atomic mass is 9.70. The van der Waals surface area contributed by atoms with Crippen LogP contribution in [0.5, 0.6) is 0 Å². The van der Waals surface area contributed by atoms with Crippen molar-refractivity contribution in [2.45, 2.75) is 40.5 Å². The molecule has 0 amide bonds. The lowest BCUT2D eigenvalue weighted by Gasteiger charge is -2.31. The van der Waals surface area contributed by atoms with Crippen LogP contribution in [0, 0.1) is 16.7 Å². The highest BCUT2D eigenvalue weighted by Gasteiger charge is 2.64. The van der Waals surface area contributed by atoms with E-state index in [0.29, 0.717) is 0 Å². The average molecular weight is 313 g/mol. The molecule has 0 aromatic heterocycles. The smallest absolute Gasteiger partial charge is 0.329 e. The predicted octanol–water partition coefficient (Wildman–Crippen LogP) is 3.88. The van der Waals surface area contributed by atoms with Gasteiger partial charge in [0.25, 0.3) is 0 Å². The number of hydrogen-bond acceptors (Lipinski definition) is 4. The number of anilines is 1. The zero-order valence-electron chi connectivity index (χ0n) is 14.1. The Bertz CT molecular complexity index is 677. The Labute approximate surface area is 137 Å². The molecule has 122 valence electrons. The Morgan fingerprint density at radius 3 is 2.43 bits per heavy atom. The number of fused-ring (bicyclic) bond motifs is 2. The second-order valence-corrected chi connectivity index (χ2v) is 7.30. The molecule has 4 nitrogen and oxygen atoms in total. The van der Waals surface area contributed by atoms with Crippen molar-refractivity contribution in [3.8, 4) is 0 Å². The monoisotopic (exact) mass is 313 g/mol. The molecule has 2 bridgehead atoms. The Morgan fingerprint density at radius 2 is 1.91 bits per heavy atom. The number of nitrogens with zero attached hydrogens (tertiary/aromatic N) is 1. The van der Waals surface area contributed by atoms with E-state index < -0.39 is 5.97 Å². The van der Waals surface area contributed by atoms with E-state index in [1.54, 1.807) is 6.20 Å². The van der Waals surface area contributed by atoms with Gasteiger partial charge in [-0.15, -0.1) is 0 Å². The van der Waals surface area contributed by atoms with E-state index >= 15 is 0 Å². The molecule has 2 aliphatic rings. The first kappa shape index (κ1) is 15.8. The molecule has 0 unspecified atom stereocenters. The Kier molecular flexibility index (Phi) is 3.58. The SMILES string of the molecule is CC(=O)ON(C=C1C(=O)[C@@]2(C)CC[C@H]1C2(C)C)c1ccccc1. The molecule has 2 saturated carbocycles. The number of Topliss-reactive ketones (excluding diaryl/α,β-unsaturated/α-hetero) is 1. The van der Waals surface area contributed by atoms with Crippen molar-refractivity contribution < 1.29 is 14.4 Å². The average Bonchev–Trinajstić information content (AvgIpc) is 2.81. The minimum absolute atomic E-state index is 0.0610. The quantitative estimate of drug-likeness (QED) is 0.627. The molecule has 4 heteroatoms. The summed E-state index contributed by atoms with van der Waals surface area (Å²) in [6, 6.07) is 9.35. The standard InChI is InChI=1S/C19H23NO3/c1-13(21)23-20(14-8-6-5-7-9-14)12-15-16-10-11-19(4,17(15)22)18(16,2)3/h5-9,12,16H,10-11H2,1-4H3/t16-,19-/m1/s1. The summed E-state index contributed by atoms with van der Waals surface area (Å²) in [5, 5.41) is 1.43. The van der Waals surface area contributed by atoms with Crippen LogP contribution in [-0.2, 0) is 14.4 Å². The predicted molar refractivity (Wildman–Crippen MR) is 88.4 cm³/mol. The van der Waals surface area contributed by atoms with Gasteiger partial charge in [-0.1, -0.05) is 39.0 Å². The highest BCUT2D eigenvalue weighted by atomic mass is 16.7. The molecule has 2 fully saturated rings. The van der Waals surface area contributed by atoms with Crippen LogP contribution < -0.4 is 5.06 Å². The normalized spacial score (nSPS) is 29.8. The third kappa shape index (κ3) is 2.28.